The minimum atomic E-state index is 0.265. The lowest BCUT2D eigenvalue weighted by molar-refractivity contribution is 0.412. The third-order valence-corrected chi connectivity index (χ3v) is 4.52. The van der Waals surface area contributed by atoms with Crippen molar-refractivity contribution >= 4 is 53.5 Å². The van der Waals surface area contributed by atoms with Crippen molar-refractivity contribution in [2.24, 2.45) is 0 Å². The number of rotatable bonds is 4. The first-order valence-corrected chi connectivity index (χ1v) is 8.13. The molecule has 2 N–H and O–H groups in total. The van der Waals surface area contributed by atoms with Gasteiger partial charge in [0.25, 0.3) is 0 Å². The third kappa shape index (κ3) is 3.68. The van der Waals surface area contributed by atoms with Gasteiger partial charge in [0.15, 0.2) is 0 Å². The Hall–Kier alpha value is -0.720. The lowest BCUT2D eigenvalue weighted by Gasteiger charge is -2.13. The molecule has 2 rings (SSSR count). The topological polar surface area (TPSA) is 41.5 Å². The van der Waals surface area contributed by atoms with Gasteiger partial charge in [0.1, 0.15) is 11.5 Å². The number of ether oxygens (including phenoxy) is 1. The van der Waals surface area contributed by atoms with Gasteiger partial charge in [0.2, 0.25) is 0 Å². The fourth-order valence-corrected chi connectivity index (χ4v) is 3.41. The minimum Gasteiger partial charge on any atom is -0.508 e. The van der Waals surface area contributed by atoms with Crippen LogP contribution in [0.1, 0.15) is 5.56 Å². The Bertz CT molecular complexity index is 632. The molecule has 0 saturated carbocycles. The number of nitrogens with one attached hydrogen (secondary N) is 1. The Morgan fingerprint density at radius 1 is 1.10 bits per heavy atom. The second kappa shape index (κ2) is 6.83. The van der Waals surface area contributed by atoms with Gasteiger partial charge in [-0.05, 0) is 56.1 Å². The molecule has 2 aromatic rings. The number of methoxy groups -OCH3 is 1. The Morgan fingerprint density at radius 3 is 2.55 bits per heavy atom. The van der Waals surface area contributed by atoms with Crippen molar-refractivity contribution in [2.45, 2.75) is 6.54 Å². The molecule has 0 aliphatic carbocycles. The molecule has 0 radical (unpaired) electrons. The van der Waals surface area contributed by atoms with Gasteiger partial charge in [-0.3, -0.25) is 0 Å². The molecule has 0 spiro atoms. The molecule has 106 valence electrons. The number of halogens is 3. The van der Waals surface area contributed by atoms with Crippen LogP contribution in [0.15, 0.2) is 43.7 Å². The fraction of sp³-hybridized carbons (Fsp3) is 0.143. The van der Waals surface area contributed by atoms with Crippen LogP contribution in [-0.2, 0) is 6.54 Å². The molecule has 0 aromatic heterocycles. The minimum absolute atomic E-state index is 0.265. The van der Waals surface area contributed by atoms with Crippen LogP contribution in [-0.4, -0.2) is 12.2 Å². The van der Waals surface area contributed by atoms with Crippen molar-refractivity contribution in [1.29, 1.82) is 0 Å². The maximum atomic E-state index is 9.82. The number of hydrogen-bond acceptors (Lipinski definition) is 3. The van der Waals surface area contributed by atoms with Crippen molar-refractivity contribution in [3.05, 3.63) is 49.3 Å². The molecule has 0 heterocycles. The lowest BCUT2D eigenvalue weighted by atomic mass is 10.2. The van der Waals surface area contributed by atoms with Gasteiger partial charge in [-0.25, -0.2) is 0 Å². The van der Waals surface area contributed by atoms with E-state index in [9.17, 15) is 5.11 Å². The Kier molecular flexibility index (Phi) is 5.35. The molecule has 0 atom stereocenters. The summed E-state index contributed by atoms with van der Waals surface area (Å²) < 4.78 is 7.99. The van der Waals surface area contributed by atoms with E-state index in [2.05, 4.69) is 53.1 Å². The van der Waals surface area contributed by atoms with E-state index in [1.54, 1.807) is 19.2 Å². The molecule has 0 fully saturated rings. The van der Waals surface area contributed by atoms with Crippen LogP contribution in [0.3, 0.4) is 0 Å². The smallest absolute Gasteiger partial charge is 0.135 e. The zero-order valence-corrected chi connectivity index (χ0v) is 15.3. The number of anilines is 1. The van der Waals surface area contributed by atoms with E-state index in [1.807, 2.05) is 18.2 Å². The number of hydrogen-bond donors (Lipinski definition) is 2. The second-order valence-electron chi connectivity index (χ2n) is 4.09. The highest BCUT2D eigenvalue weighted by molar-refractivity contribution is 9.11. The molecule has 0 saturated heterocycles. The monoisotopic (exact) mass is 463 g/mol. The zero-order valence-electron chi connectivity index (χ0n) is 10.6. The predicted octanol–water partition coefficient (Wildman–Crippen LogP) is 5.30. The summed E-state index contributed by atoms with van der Waals surface area (Å²) >= 11 is 10.3. The van der Waals surface area contributed by atoms with Crippen molar-refractivity contribution in [1.82, 2.24) is 0 Å². The molecular formula is C14H12Br3NO2. The van der Waals surface area contributed by atoms with Crippen molar-refractivity contribution in [3.63, 3.8) is 0 Å². The van der Waals surface area contributed by atoms with Gasteiger partial charge in [-0.15, -0.1) is 0 Å². The normalized spacial score (nSPS) is 10.4. The quantitative estimate of drug-likeness (QED) is 0.643. The summed E-state index contributed by atoms with van der Waals surface area (Å²) in [6, 6.07) is 9.16. The number of benzene rings is 2. The summed E-state index contributed by atoms with van der Waals surface area (Å²) in [4.78, 5) is 0. The highest BCUT2D eigenvalue weighted by Crippen LogP contribution is 2.35. The standard InChI is InChI=1S/C14H12Br3NO2/c1-20-14-6-12(10(16)5-11(14)17)18-7-8-4-9(15)2-3-13(8)19/h2-6,18-19H,7H2,1H3. The lowest BCUT2D eigenvalue weighted by Crippen LogP contribution is -2.01. The van der Waals surface area contributed by atoms with Gasteiger partial charge >= 0.3 is 0 Å². The summed E-state index contributed by atoms with van der Waals surface area (Å²) in [5.74, 6) is 1.01. The van der Waals surface area contributed by atoms with Crippen LogP contribution < -0.4 is 10.1 Å². The zero-order chi connectivity index (χ0) is 14.7. The van der Waals surface area contributed by atoms with E-state index in [-0.39, 0.29) is 5.75 Å². The summed E-state index contributed by atoms with van der Waals surface area (Å²) in [6.45, 7) is 0.509. The molecule has 2 aromatic carbocycles. The molecule has 0 aliphatic heterocycles. The first-order valence-electron chi connectivity index (χ1n) is 5.75. The maximum Gasteiger partial charge on any atom is 0.135 e. The number of aromatic hydroxyl groups is 1. The second-order valence-corrected chi connectivity index (χ2v) is 6.72. The van der Waals surface area contributed by atoms with E-state index >= 15 is 0 Å². The van der Waals surface area contributed by atoms with E-state index in [1.165, 1.54) is 0 Å². The largest absolute Gasteiger partial charge is 0.508 e. The molecule has 0 unspecified atom stereocenters. The Labute approximate surface area is 142 Å². The Morgan fingerprint density at radius 2 is 1.85 bits per heavy atom. The average molecular weight is 466 g/mol. The van der Waals surface area contributed by atoms with Gasteiger partial charge in [0, 0.05) is 27.1 Å². The SMILES string of the molecule is COc1cc(NCc2cc(Br)ccc2O)c(Br)cc1Br. The van der Waals surface area contributed by atoms with Crippen LogP contribution >= 0.6 is 47.8 Å². The molecule has 0 aliphatic rings. The van der Waals surface area contributed by atoms with Gasteiger partial charge in [0.05, 0.1) is 17.3 Å². The summed E-state index contributed by atoms with van der Waals surface area (Å²) in [6.07, 6.45) is 0. The summed E-state index contributed by atoms with van der Waals surface area (Å²) in [7, 11) is 1.62. The van der Waals surface area contributed by atoms with Crippen LogP contribution in [0.25, 0.3) is 0 Å². The van der Waals surface area contributed by atoms with Crippen molar-refractivity contribution in [2.75, 3.05) is 12.4 Å². The number of phenols is 1. The molecule has 6 heteroatoms. The predicted molar refractivity (Wildman–Crippen MR) is 91.5 cm³/mol. The van der Waals surface area contributed by atoms with Gasteiger partial charge < -0.3 is 15.2 Å². The van der Waals surface area contributed by atoms with Crippen molar-refractivity contribution in [3.8, 4) is 11.5 Å². The molecule has 0 amide bonds. The molecule has 0 bridgehead atoms. The third-order valence-electron chi connectivity index (χ3n) is 2.75. The fourth-order valence-electron chi connectivity index (χ4n) is 1.71. The van der Waals surface area contributed by atoms with Crippen LogP contribution in [0.4, 0.5) is 5.69 Å². The number of phenolic OH excluding ortho intramolecular Hbond substituents is 1. The van der Waals surface area contributed by atoms with Crippen LogP contribution in [0.2, 0.25) is 0 Å². The van der Waals surface area contributed by atoms with Crippen molar-refractivity contribution < 1.29 is 9.84 Å². The van der Waals surface area contributed by atoms with Gasteiger partial charge in [-0.1, -0.05) is 15.9 Å². The van der Waals surface area contributed by atoms with E-state index in [0.29, 0.717) is 6.54 Å². The molecular weight excluding hydrogens is 454 g/mol. The summed E-state index contributed by atoms with van der Waals surface area (Å²) in [5, 5.41) is 13.1. The maximum absolute atomic E-state index is 9.82. The van der Waals surface area contributed by atoms with Gasteiger partial charge in [-0.2, -0.15) is 0 Å². The Balaban J connectivity index is 2.20. The average Bonchev–Trinajstić information content (AvgIpc) is 2.41. The highest BCUT2D eigenvalue weighted by atomic mass is 79.9. The van der Waals surface area contributed by atoms with E-state index in [0.717, 1.165) is 30.4 Å². The highest BCUT2D eigenvalue weighted by Gasteiger charge is 2.08. The van der Waals surface area contributed by atoms with E-state index < -0.39 is 0 Å². The first-order chi connectivity index (χ1) is 9.51. The molecule has 20 heavy (non-hydrogen) atoms. The van der Waals surface area contributed by atoms with Crippen LogP contribution in [0.5, 0.6) is 11.5 Å². The summed E-state index contributed by atoms with van der Waals surface area (Å²) in [5.41, 5.74) is 1.71. The first kappa shape index (κ1) is 15.7. The van der Waals surface area contributed by atoms with E-state index in [4.69, 9.17) is 4.74 Å². The van der Waals surface area contributed by atoms with Crippen LogP contribution in [0, 0.1) is 0 Å². The molecule has 3 nitrogen and oxygen atoms in total.